The molecule has 2 heterocycles. The van der Waals surface area contributed by atoms with Crippen LogP contribution in [-0.2, 0) is 0 Å². The molecule has 2 rings (SSSR count). The molecule has 0 atom stereocenters. The number of nitro groups is 1. The highest BCUT2D eigenvalue weighted by Crippen LogP contribution is 2.24. The Morgan fingerprint density at radius 1 is 1.53 bits per heavy atom. The lowest BCUT2D eigenvalue weighted by molar-refractivity contribution is -0.384. The van der Waals surface area contributed by atoms with Gasteiger partial charge in [0.2, 0.25) is 5.88 Å². The first-order valence-corrected chi connectivity index (χ1v) is 6.07. The fraction of sp³-hybridized carbons (Fsp3) is 0.545. The maximum Gasteiger partial charge on any atom is 0.278 e. The van der Waals surface area contributed by atoms with E-state index in [1.54, 1.807) is 0 Å². The Morgan fingerprint density at radius 3 is 2.79 bits per heavy atom. The molecule has 1 saturated heterocycles. The monoisotopic (exact) mass is 267 g/mol. The summed E-state index contributed by atoms with van der Waals surface area (Å²) in [4.78, 5) is 16.6. The number of likely N-dealkylation sites (tertiary alicyclic amines) is 1. The van der Waals surface area contributed by atoms with Crippen LogP contribution >= 0.6 is 0 Å². The van der Waals surface area contributed by atoms with Gasteiger partial charge < -0.3 is 15.1 Å². The topological polar surface area (TPSA) is 107 Å². The summed E-state index contributed by atoms with van der Waals surface area (Å²) in [5.74, 6) is 5.69. The molecule has 3 N–H and O–H groups in total. The minimum absolute atomic E-state index is 0.0383. The van der Waals surface area contributed by atoms with Crippen LogP contribution in [-0.4, -0.2) is 41.0 Å². The number of nitrogens with two attached hydrogens (primary N) is 1. The van der Waals surface area contributed by atoms with Crippen molar-refractivity contribution in [2.24, 2.45) is 5.84 Å². The molecule has 1 aliphatic heterocycles. The van der Waals surface area contributed by atoms with E-state index >= 15 is 0 Å². The maximum atomic E-state index is 10.8. The van der Waals surface area contributed by atoms with Crippen molar-refractivity contribution in [3.8, 4) is 5.88 Å². The molecule has 0 radical (unpaired) electrons. The van der Waals surface area contributed by atoms with Crippen molar-refractivity contribution in [2.45, 2.75) is 18.9 Å². The normalized spacial score (nSPS) is 17.2. The number of hydrogen-bond donors (Lipinski definition) is 2. The zero-order valence-electron chi connectivity index (χ0n) is 10.7. The lowest BCUT2D eigenvalue weighted by atomic mass is 10.1. The number of hydrogen-bond acceptors (Lipinski definition) is 7. The minimum Gasteiger partial charge on any atom is -0.474 e. The third kappa shape index (κ3) is 3.52. The molecule has 1 aromatic rings. The zero-order valence-corrected chi connectivity index (χ0v) is 10.7. The number of hydrazine groups is 1. The van der Waals surface area contributed by atoms with E-state index in [9.17, 15) is 10.1 Å². The number of nitrogens with one attached hydrogen (secondary N) is 1. The Morgan fingerprint density at radius 2 is 2.21 bits per heavy atom. The molecule has 0 bridgehead atoms. The van der Waals surface area contributed by atoms with E-state index in [0.29, 0.717) is 0 Å². The van der Waals surface area contributed by atoms with E-state index in [1.807, 2.05) is 0 Å². The number of rotatable bonds is 4. The number of nitrogen functional groups attached to an aromatic ring is 1. The summed E-state index contributed by atoms with van der Waals surface area (Å²) in [6.45, 7) is 1.89. The van der Waals surface area contributed by atoms with Crippen LogP contribution < -0.4 is 16.0 Å². The van der Waals surface area contributed by atoms with Gasteiger partial charge in [0.1, 0.15) is 6.10 Å². The third-order valence-corrected chi connectivity index (χ3v) is 3.10. The van der Waals surface area contributed by atoms with E-state index in [-0.39, 0.29) is 23.5 Å². The van der Waals surface area contributed by atoms with Gasteiger partial charge in [0, 0.05) is 13.1 Å². The largest absolute Gasteiger partial charge is 0.474 e. The predicted octanol–water partition coefficient (Wildman–Crippen LogP) is 0.748. The van der Waals surface area contributed by atoms with Gasteiger partial charge in [-0.15, -0.1) is 0 Å². The van der Waals surface area contributed by atoms with Crippen molar-refractivity contribution in [2.75, 3.05) is 25.6 Å². The Hall–Kier alpha value is -1.93. The van der Waals surface area contributed by atoms with Gasteiger partial charge in [-0.2, -0.15) is 4.98 Å². The van der Waals surface area contributed by atoms with Crippen LogP contribution in [0.3, 0.4) is 0 Å². The molecule has 8 heteroatoms. The van der Waals surface area contributed by atoms with Crippen LogP contribution in [0.15, 0.2) is 12.1 Å². The van der Waals surface area contributed by atoms with Crippen LogP contribution in [0.4, 0.5) is 11.5 Å². The number of nitrogens with zero attached hydrogens (tertiary/aromatic N) is 3. The molecule has 1 aliphatic rings. The second-order valence-corrected chi connectivity index (χ2v) is 4.57. The lowest BCUT2D eigenvalue weighted by Gasteiger charge is -2.28. The average Bonchev–Trinajstić information content (AvgIpc) is 2.41. The van der Waals surface area contributed by atoms with Crippen LogP contribution in [0.5, 0.6) is 5.88 Å². The van der Waals surface area contributed by atoms with E-state index in [0.717, 1.165) is 25.9 Å². The Balaban J connectivity index is 2.10. The van der Waals surface area contributed by atoms with Crippen molar-refractivity contribution in [3.05, 3.63) is 22.2 Å². The second kappa shape index (κ2) is 5.81. The highest BCUT2D eigenvalue weighted by atomic mass is 16.6. The van der Waals surface area contributed by atoms with Gasteiger partial charge in [-0.05, 0) is 19.9 Å². The Kier molecular flexibility index (Phi) is 4.13. The number of ether oxygens (including phenoxy) is 1. The predicted molar refractivity (Wildman–Crippen MR) is 69.8 cm³/mol. The van der Waals surface area contributed by atoms with Gasteiger partial charge in [0.15, 0.2) is 5.82 Å². The van der Waals surface area contributed by atoms with E-state index in [2.05, 4.69) is 22.4 Å². The van der Waals surface area contributed by atoms with Crippen LogP contribution in [0.25, 0.3) is 0 Å². The summed E-state index contributed by atoms with van der Waals surface area (Å²) in [5.41, 5.74) is 2.21. The lowest BCUT2D eigenvalue weighted by Crippen LogP contribution is -2.35. The molecule has 1 aromatic heterocycles. The average molecular weight is 267 g/mol. The molecule has 8 nitrogen and oxygen atoms in total. The standard InChI is InChI=1S/C11H17N5O3/c1-15-4-2-9(3-5-15)19-11-7-8(16(17)18)6-10(13-11)14-12/h6-7,9H,2-5,12H2,1H3,(H,13,14). The zero-order chi connectivity index (χ0) is 13.8. The van der Waals surface area contributed by atoms with Crippen molar-refractivity contribution in [1.29, 1.82) is 0 Å². The van der Waals surface area contributed by atoms with Crippen molar-refractivity contribution >= 4 is 11.5 Å². The molecule has 1 fully saturated rings. The molecule has 0 aliphatic carbocycles. The Bertz CT molecular complexity index is 460. The highest BCUT2D eigenvalue weighted by molar-refractivity contribution is 5.47. The second-order valence-electron chi connectivity index (χ2n) is 4.57. The van der Waals surface area contributed by atoms with Crippen molar-refractivity contribution in [1.82, 2.24) is 9.88 Å². The van der Waals surface area contributed by atoms with Gasteiger partial charge in [0.25, 0.3) is 5.69 Å². The van der Waals surface area contributed by atoms with Crippen LogP contribution in [0.2, 0.25) is 0 Å². The number of pyridine rings is 1. The molecule has 0 unspecified atom stereocenters. The third-order valence-electron chi connectivity index (χ3n) is 3.10. The number of aromatic nitrogens is 1. The summed E-state index contributed by atoms with van der Waals surface area (Å²) >= 11 is 0. The fourth-order valence-corrected chi connectivity index (χ4v) is 2.00. The van der Waals surface area contributed by atoms with Gasteiger partial charge in [-0.1, -0.05) is 0 Å². The Labute approximate surface area is 110 Å². The van der Waals surface area contributed by atoms with E-state index in [4.69, 9.17) is 10.6 Å². The first kappa shape index (κ1) is 13.5. The smallest absolute Gasteiger partial charge is 0.278 e. The molecule has 0 aromatic carbocycles. The molecule has 104 valence electrons. The highest BCUT2D eigenvalue weighted by Gasteiger charge is 2.20. The van der Waals surface area contributed by atoms with Gasteiger partial charge in [0.05, 0.1) is 17.1 Å². The van der Waals surface area contributed by atoms with E-state index < -0.39 is 4.92 Å². The minimum atomic E-state index is -0.496. The molecule has 19 heavy (non-hydrogen) atoms. The van der Waals surface area contributed by atoms with Gasteiger partial charge in [-0.25, -0.2) is 5.84 Å². The quantitative estimate of drug-likeness (QED) is 0.471. The summed E-state index contributed by atoms with van der Waals surface area (Å²) in [5, 5.41) is 10.8. The van der Waals surface area contributed by atoms with E-state index in [1.165, 1.54) is 12.1 Å². The number of piperidine rings is 1. The molecule has 0 amide bonds. The van der Waals surface area contributed by atoms with Crippen LogP contribution in [0, 0.1) is 10.1 Å². The summed E-state index contributed by atoms with van der Waals surface area (Å²) in [6.07, 6.45) is 1.80. The molecule has 0 spiro atoms. The van der Waals surface area contributed by atoms with Crippen molar-refractivity contribution < 1.29 is 9.66 Å². The summed E-state index contributed by atoms with van der Waals surface area (Å²) in [6, 6.07) is 2.58. The summed E-state index contributed by atoms with van der Waals surface area (Å²) in [7, 11) is 2.05. The first-order valence-electron chi connectivity index (χ1n) is 6.07. The van der Waals surface area contributed by atoms with Gasteiger partial charge in [-0.3, -0.25) is 10.1 Å². The molecular weight excluding hydrogens is 250 g/mol. The SMILES string of the molecule is CN1CCC(Oc2cc([N+](=O)[O-])cc(NN)n2)CC1. The summed E-state index contributed by atoms with van der Waals surface area (Å²) < 4.78 is 5.70. The maximum absolute atomic E-state index is 10.8. The van der Waals surface area contributed by atoms with Crippen molar-refractivity contribution in [3.63, 3.8) is 0 Å². The molecular formula is C11H17N5O3. The fourth-order valence-electron chi connectivity index (χ4n) is 2.00. The number of anilines is 1. The molecule has 0 saturated carbocycles. The first-order chi connectivity index (χ1) is 9.08. The van der Waals surface area contributed by atoms with Gasteiger partial charge >= 0.3 is 0 Å². The van der Waals surface area contributed by atoms with Crippen LogP contribution in [0.1, 0.15) is 12.8 Å².